The van der Waals surface area contributed by atoms with E-state index in [-0.39, 0.29) is 6.04 Å². The second-order valence-corrected chi connectivity index (χ2v) is 4.72. The topological polar surface area (TPSA) is 39.7 Å². The average Bonchev–Trinajstić information content (AvgIpc) is 2.67. The van der Waals surface area contributed by atoms with E-state index in [4.69, 9.17) is 14.2 Å². The average molecular weight is 265 g/mol. The van der Waals surface area contributed by atoms with Gasteiger partial charge in [-0.1, -0.05) is 13.0 Å². The van der Waals surface area contributed by atoms with Gasteiger partial charge in [-0.05, 0) is 30.7 Å². The van der Waals surface area contributed by atoms with E-state index in [2.05, 4.69) is 24.4 Å². The molecule has 0 amide bonds. The smallest absolute Gasteiger partial charge is 0.161 e. The van der Waals surface area contributed by atoms with Gasteiger partial charge in [-0.3, -0.25) is 0 Å². The van der Waals surface area contributed by atoms with E-state index in [1.807, 2.05) is 6.07 Å². The molecule has 1 heterocycles. The highest BCUT2D eigenvalue weighted by Crippen LogP contribution is 2.32. The summed E-state index contributed by atoms with van der Waals surface area (Å²) in [4.78, 5) is 0. The van der Waals surface area contributed by atoms with Gasteiger partial charge in [0.15, 0.2) is 11.5 Å². The van der Waals surface area contributed by atoms with Crippen LogP contribution < -0.4 is 14.8 Å². The fourth-order valence-electron chi connectivity index (χ4n) is 2.15. The first-order valence-electron chi connectivity index (χ1n) is 6.97. The quantitative estimate of drug-likeness (QED) is 0.858. The molecule has 0 saturated carbocycles. The Labute approximate surface area is 115 Å². The molecule has 19 heavy (non-hydrogen) atoms. The summed E-state index contributed by atoms with van der Waals surface area (Å²) in [7, 11) is 1.73. The van der Waals surface area contributed by atoms with Gasteiger partial charge in [0, 0.05) is 13.5 Å². The third kappa shape index (κ3) is 3.85. The summed E-state index contributed by atoms with van der Waals surface area (Å²) in [6, 6.07) is 6.33. The summed E-state index contributed by atoms with van der Waals surface area (Å²) in [5.41, 5.74) is 1.18. The van der Waals surface area contributed by atoms with Gasteiger partial charge in [0.1, 0.15) is 0 Å². The molecule has 1 atom stereocenters. The molecule has 0 aliphatic carbocycles. The van der Waals surface area contributed by atoms with Crippen molar-refractivity contribution in [1.82, 2.24) is 5.32 Å². The van der Waals surface area contributed by atoms with Crippen LogP contribution in [0.15, 0.2) is 18.2 Å². The number of ether oxygens (including phenoxy) is 3. The van der Waals surface area contributed by atoms with Gasteiger partial charge in [-0.15, -0.1) is 0 Å². The Morgan fingerprint density at radius 1 is 1.26 bits per heavy atom. The Kier molecular flexibility index (Phi) is 5.48. The molecule has 0 radical (unpaired) electrons. The second kappa shape index (κ2) is 7.36. The van der Waals surface area contributed by atoms with Crippen molar-refractivity contribution in [2.75, 3.05) is 33.5 Å². The maximum Gasteiger partial charge on any atom is 0.161 e. The van der Waals surface area contributed by atoms with Crippen LogP contribution in [0.25, 0.3) is 0 Å². The first kappa shape index (κ1) is 14.2. The lowest BCUT2D eigenvalue weighted by atomic mass is 10.1. The van der Waals surface area contributed by atoms with E-state index in [1.165, 1.54) is 5.56 Å². The van der Waals surface area contributed by atoms with Gasteiger partial charge in [-0.25, -0.2) is 0 Å². The molecule has 0 fully saturated rings. The lowest BCUT2D eigenvalue weighted by molar-refractivity contribution is 0.167. The van der Waals surface area contributed by atoms with Crippen molar-refractivity contribution in [3.05, 3.63) is 23.8 Å². The van der Waals surface area contributed by atoms with Crippen LogP contribution in [0.2, 0.25) is 0 Å². The molecule has 0 saturated heterocycles. The van der Waals surface area contributed by atoms with Crippen molar-refractivity contribution in [3.63, 3.8) is 0 Å². The van der Waals surface area contributed by atoms with Crippen molar-refractivity contribution >= 4 is 0 Å². The van der Waals surface area contributed by atoms with E-state index in [9.17, 15) is 0 Å². The molecular weight excluding hydrogens is 242 g/mol. The highest BCUT2D eigenvalue weighted by Gasteiger charge is 2.15. The Morgan fingerprint density at radius 2 is 2.05 bits per heavy atom. The second-order valence-electron chi connectivity index (χ2n) is 4.72. The number of nitrogens with one attached hydrogen (secondary N) is 1. The fraction of sp³-hybridized carbons (Fsp3) is 0.600. The molecular formula is C15H23NO3. The van der Waals surface area contributed by atoms with Crippen LogP contribution in [-0.2, 0) is 4.74 Å². The predicted molar refractivity (Wildman–Crippen MR) is 75.0 cm³/mol. The molecule has 1 aromatic rings. The summed E-state index contributed by atoms with van der Waals surface area (Å²) < 4.78 is 16.7. The SMILES string of the molecule is CCCNC(COC)c1ccc2c(c1)OCCCO2. The Balaban J connectivity index is 2.15. The molecule has 1 N–H and O–H groups in total. The van der Waals surface area contributed by atoms with E-state index in [0.29, 0.717) is 13.2 Å². The highest BCUT2D eigenvalue weighted by atomic mass is 16.5. The lowest BCUT2D eigenvalue weighted by Crippen LogP contribution is -2.25. The maximum absolute atomic E-state index is 5.73. The molecule has 0 bridgehead atoms. The maximum atomic E-state index is 5.73. The summed E-state index contributed by atoms with van der Waals surface area (Å²) >= 11 is 0. The van der Waals surface area contributed by atoms with Crippen LogP contribution in [0.3, 0.4) is 0 Å². The van der Waals surface area contributed by atoms with Gasteiger partial charge in [0.25, 0.3) is 0 Å². The van der Waals surface area contributed by atoms with Crippen LogP contribution >= 0.6 is 0 Å². The molecule has 0 spiro atoms. The van der Waals surface area contributed by atoms with E-state index in [0.717, 1.165) is 37.5 Å². The minimum atomic E-state index is 0.196. The normalized spacial score (nSPS) is 15.9. The summed E-state index contributed by atoms with van der Waals surface area (Å²) in [6.07, 6.45) is 2.03. The van der Waals surface area contributed by atoms with Crippen molar-refractivity contribution in [3.8, 4) is 11.5 Å². The molecule has 4 heteroatoms. The molecule has 1 aliphatic heterocycles. The zero-order valence-electron chi connectivity index (χ0n) is 11.8. The van der Waals surface area contributed by atoms with E-state index < -0.39 is 0 Å². The Bertz CT molecular complexity index is 395. The van der Waals surface area contributed by atoms with Gasteiger partial charge in [0.2, 0.25) is 0 Å². The van der Waals surface area contributed by atoms with Crippen LogP contribution in [0.5, 0.6) is 11.5 Å². The monoisotopic (exact) mass is 265 g/mol. The first-order chi connectivity index (χ1) is 9.35. The lowest BCUT2D eigenvalue weighted by Gasteiger charge is -2.19. The number of benzene rings is 1. The zero-order chi connectivity index (χ0) is 13.5. The third-order valence-corrected chi connectivity index (χ3v) is 3.15. The van der Waals surface area contributed by atoms with Gasteiger partial charge in [-0.2, -0.15) is 0 Å². The molecule has 2 rings (SSSR count). The fourth-order valence-corrected chi connectivity index (χ4v) is 2.15. The van der Waals surface area contributed by atoms with Crippen molar-refractivity contribution in [2.24, 2.45) is 0 Å². The molecule has 1 unspecified atom stereocenters. The number of fused-ring (bicyclic) bond motifs is 1. The molecule has 1 aromatic carbocycles. The number of hydrogen-bond donors (Lipinski definition) is 1. The molecule has 1 aliphatic rings. The standard InChI is InChI=1S/C15H23NO3/c1-3-7-16-13(11-17-2)12-5-6-14-15(10-12)19-9-4-8-18-14/h5-6,10,13,16H,3-4,7-9,11H2,1-2H3. The summed E-state index contributed by atoms with van der Waals surface area (Å²) in [5.74, 6) is 1.68. The number of hydrogen-bond acceptors (Lipinski definition) is 4. The summed E-state index contributed by atoms with van der Waals surface area (Å²) in [6.45, 7) is 5.22. The molecule has 0 aromatic heterocycles. The first-order valence-corrected chi connectivity index (χ1v) is 6.97. The van der Waals surface area contributed by atoms with Crippen molar-refractivity contribution < 1.29 is 14.2 Å². The minimum Gasteiger partial charge on any atom is -0.490 e. The van der Waals surface area contributed by atoms with Crippen LogP contribution in [0.1, 0.15) is 31.4 Å². The van der Waals surface area contributed by atoms with Gasteiger partial charge < -0.3 is 19.5 Å². The van der Waals surface area contributed by atoms with Gasteiger partial charge in [0.05, 0.1) is 25.9 Å². The van der Waals surface area contributed by atoms with Crippen molar-refractivity contribution in [1.29, 1.82) is 0 Å². The predicted octanol–water partition coefficient (Wildman–Crippen LogP) is 2.54. The molecule has 106 valence electrons. The van der Waals surface area contributed by atoms with Crippen molar-refractivity contribution in [2.45, 2.75) is 25.8 Å². The Morgan fingerprint density at radius 3 is 2.79 bits per heavy atom. The number of methoxy groups -OCH3 is 1. The van der Waals surface area contributed by atoms with Crippen LogP contribution in [0.4, 0.5) is 0 Å². The zero-order valence-corrected chi connectivity index (χ0v) is 11.8. The Hall–Kier alpha value is -1.26. The molecule has 4 nitrogen and oxygen atoms in total. The number of rotatable bonds is 6. The third-order valence-electron chi connectivity index (χ3n) is 3.15. The van der Waals surface area contributed by atoms with Crippen LogP contribution in [0, 0.1) is 0 Å². The largest absolute Gasteiger partial charge is 0.490 e. The van der Waals surface area contributed by atoms with Gasteiger partial charge >= 0.3 is 0 Å². The van der Waals surface area contributed by atoms with E-state index in [1.54, 1.807) is 7.11 Å². The summed E-state index contributed by atoms with van der Waals surface area (Å²) in [5, 5.41) is 3.49. The highest BCUT2D eigenvalue weighted by molar-refractivity contribution is 5.44. The van der Waals surface area contributed by atoms with E-state index >= 15 is 0 Å². The minimum absolute atomic E-state index is 0.196. The van der Waals surface area contributed by atoms with Crippen LogP contribution in [-0.4, -0.2) is 33.5 Å².